The fourth-order valence-electron chi connectivity index (χ4n) is 4.28. The molecular formula is C21H21F2N5O2. The molecule has 30 heavy (non-hydrogen) atoms. The average molecular weight is 413 g/mol. The van der Waals surface area contributed by atoms with Crippen LogP contribution >= 0.6 is 0 Å². The van der Waals surface area contributed by atoms with Crippen LogP contribution < -0.4 is 10.1 Å². The van der Waals surface area contributed by atoms with E-state index in [9.17, 15) is 13.9 Å². The van der Waals surface area contributed by atoms with E-state index in [-0.39, 0.29) is 23.7 Å². The van der Waals surface area contributed by atoms with Gasteiger partial charge in [0.25, 0.3) is 0 Å². The Morgan fingerprint density at radius 1 is 1.13 bits per heavy atom. The van der Waals surface area contributed by atoms with E-state index in [4.69, 9.17) is 4.74 Å². The Morgan fingerprint density at radius 2 is 2.03 bits per heavy atom. The molecule has 2 saturated heterocycles. The lowest BCUT2D eigenvalue weighted by Gasteiger charge is -2.42. The van der Waals surface area contributed by atoms with Gasteiger partial charge in [-0.3, -0.25) is 0 Å². The summed E-state index contributed by atoms with van der Waals surface area (Å²) in [4.78, 5) is 0. The minimum absolute atomic E-state index is 0.0404. The van der Waals surface area contributed by atoms with Crippen molar-refractivity contribution >= 4 is 0 Å². The molecule has 4 atom stereocenters. The number of halogens is 2. The molecule has 0 radical (unpaired) electrons. The van der Waals surface area contributed by atoms with Crippen molar-refractivity contribution in [3.63, 3.8) is 0 Å². The van der Waals surface area contributed by atoms with Gasteiger partial charge < -0.3 is 15.2 Å². The number of rotatable bonds is 4. The van der Waals surface area contributed by atoms with Crippen molar-refractivity contribution in [3.8, 4) is 28.6 Å². The van der Waals surface area contributed by atoms with Crippen molar-refractivity contribution in [1.29, 1.82) is 0 Å². The van der Waals surface area contributed by atoms with Gasteiger partial charge in [0.2, 0.25) is 11.8 Å². The molecule has 0 spiro atoms. The predicted octanol–water partition coefficient (Wildman–Crippen LogP) is 3.17. The zero-order valence-corrected chi connectivity index (χ0v) is 16.1. The maximum atomic E-state index is 14.7. The fraction of sp³-hybridized carbons (Fsp3) is 0.381. The Bertz CT molecular complexity index is 1040. The molecule has 9 heteroatoms. The van der Waals surface area contributed by atoms with Gasteiger partial charge in [-0.05, 0) is 31.0 Å². The molecule has 2 unspecified atom stereocenters. The standard InChI is InChI=1S/C21H21F2N5O2/c22-19-8-9-28(27-19)13-4-5-14(17(29)11-13)15-6-7-20(26-25-15)30-18-10-12-2-1-3-16(24-12)21(18)23/h4-9,11-12,16,18,21,24,29H,1-3,10H2/t12?,16?,18-,21+/m1/s1. The number of aromatic nitrogens is 4. The third kappa shape index (κ3) is 3.60. The molecule has 5 rings (SSSR count). The molecule has 0 saturated carbocycles. The van der Waals surface area contributed by atoms with Crippen molar-refractivity contribution in [3.05, 3.63) is 48.5 Å². The van der Waals surface area contributed by atoms with Crippen LogP contribution in [0.25, 0.3) is 16.9 Å². The Kier molecular flexibility index (Phi) is 4.82. The number of benzene rings is 1. The number of alkyl halides is 1. The highest BCUT2D eigenvalue weighted by atomic mass is 19.1. The van der Waals surface area contributed by atoms with Gasteiger partial charge in [-0.1, -0.05) is 6.42 Å². The van der Waals surface area contributed by atoms with Crippen molar-refractivity contribution in [2.24, 2.45) is 0 Å². The third-order valence-corrected chi connectivity index (χ3v) is 5.76. The molecule has 2 fully saturated rings. The number of piperidine rings is 2. The number of phenolic OH excluding ortho intramolecular Hbond substituents is 1. The fourth-order valence-corrected chi connectivity index (χ4v) is 4.28. The van der Waals surface area contributed by atoms with Gasteiger partial charge in [-0.15, -0.1) is 15.3 Å². The van der Waals surface area contributed by atoms with Crippen LogP contribution in [0.15, 0.2) is 42.6 Å². The van der Waals surface area contributed by atoms with Crippen LogP contribution in [0, 0.1) is 5.95 Å². The second kappa shape index (κ2) is 7.64. The van der Waals surface area contributed by atoms with E-state index in [2.05, 4.69) is 20.6 Å². The van der Waals surface area contributed by atoms with Gasteiger partial charge in [-0.2, -0.15) is 4.39 Å². The van der Waals surface area contributed by atoms with Crippen LogP contribution in [-0.2, 0) is 0 Å². The lowest BCUT2D eigenvalue weighted by Crippen LogP contribution is -2.59. The zero-order valence-electron chi connectivity index (χ0n) is 16.1. The van der Waals surface area contributed by atoms with Gasteiger partial charge in [0, 0.05) is 48.5 Å². The molecule has 1 aromatic carbocycles. The summed E-state index contributed by atoms with van der Waals surface area (Å²) in [5, 5.41) is 25.6. The molecule has 4 heterocycles. The van der Waals surface area contributed by atoms with E-state index < -0.39 is 18.2 Å². The van der Waals surface area contributed by atoms with Crippen molar-refractivity contribution in [1.82, 2.24) is 25.3 Å². The van der Waals surface area contributed by atoms with E-state index in [1.165, 1.54) is 23.0 Å². The number of hydrogen-bond acceptors (Lipinski definition) is 6. The van der Waals surface area contributed by atoms with Gasteiger partial charge in [0.15, 0.2) is 6.17 Å². The monoisotopic (exact) mass is 413 g/mol. The first-order valence-corrected chi connectivity index (χ1v) is 10.0. The summed E-state index contributed by atoms with van der Waals surface area (Å²) < 4.78 is 34.9. The second-order valence-electron chi connectivity index (χ2n) is 7.78. The minimum Gasteiger partial charge on any atom is -0.507 e. The van der Waals surface area contributed by atoms with E-state index in [1.807, 2.05) is 0 Å². The maximum absolute atomic E-state index is 14.7. The molecule has 7 nitrogen and oxygen atoms in total. The quantitative estimate of drug-likeness (QED) is 0.684. The second-order valence-corrected chi connectivity index (χ2v) is 7.78. The predicted molar refractivity (Wildman–Crippen MR) is 105 cm³/mol. The Labute approximate surface area is 171 Å². The lowest BCUT2D eigenvalue weighted by atomic mass is 9.84. The largest absolute Gasteiger partial charge is 0.507 e. The van der Waals surface area contributed by atoms with Gasteiger partial charge in [0.05, 0.1) is 11.4 Å². The Balaban J connectivity index is 1.31. The maximum Gasteiger partial charge on any atom is 0.233 e. The number of nitrogens with one attached hydrogen (secondary N) is 1. The normalized spacial score (nSPS) is 25.8. The first-order chi connectivity index (χ1) is 14.6. The highest BCUT2D eigenvalue weighted by Crippen LogP contribution is 2.32. The molecule has 2 bridgehead atoms. The Hall–Kier alpha value is -3.07. The molecule has 156 valence electrons. The van der Waals surface area contributed by atoms with Gasteiger partial charge >= 0.3 is 0 Å². The molecule has 0 aliphatic carbocycles. The topological polar surface area (TPSA) is 85.1 Å². The summed E-state index contributed by atoms with van der Waals surface area (Å²) in [6.45, 7) is 0. The van der Waals surface area contributed by atoms with Crippen LogP contribution in [-0.4, -0.2) is 49.4 Å². The van der Waals surface area contributed by atoms with Crippen LogP contribution in [0.3, 0.4) is 0 Å². The van der Waals surface area contributed by atoms with Crippen LogP contribution in [0.2, 0.25) is 0 Å². The number of phenols is 1. The zero-order chi connectivity index (χ0) is 20.7. The van der Waals surface area contributed by atoms with Crippen molar-refractivity contribution in [2.75, 3.05) is 0 Å². The smallest absolute Gasteiger partial charge is 0.233 e. The van der Waals surface area contributed by atoms with Crippen LogP contribution in [0.1, 0.15) is 25.7 Å². The number of hydrogen-bond donors (Lipinski definition) is 2. The first kappa shape index (κ1) is 18.9. The lowest BCUT2D eigenvalue weighted by molar-refractivity contribution is 0.00652. The summed E-state index contributed by atoms with van der Waals surface area (Å²) >= 11 is 0. The third-order valence-electron chi connectivity index (χ3n) is 5.76. The Morgan fingerprint density at radius 3 is 2.77 bits per heavy atom. The summed E-state index contributed by atoms with van der Waals surface area (Å²) in [7, 11) is 0. The molecule has 0 amide bonds. The molecule has 2 aliphatic rings. The van der Waals surface area contributed by atoms with Crippen molar-refractivity contribution < 1.29 is 18.6 Å². The number of aromatic hydroxyl groups is 1. The SMILES string of the molecule is Oc1cc(-n2ccc(F)n2)ccc1-c1ccc(O[C@@H]2CC3CCCC(N3)[C@@H]2F)nn1. The first-order valence-electron chi connectivity index (χ1n) is 10.0. The number of nitrogens with zero attached hydrogens (tertiary/aromatic N) is 4. The van der Waals surface area contributed by atoms with Crippen LogP contribution in [0.5, 0.6) is 11.6 Å². The van der Waals surface area contributed by atoms with Crippen LogP contribution in [0.4, 0.5) is 8.78 Å². The van der Waals surface area contributed by atoms with E-state index in [0.29, 0.717) is 23.4 Å². The summed E-state index contributed by atoms with van der Waals surface area (Å²) in [6, 6.07) is 9.46. The van der Waals surface area contributed by atoms with Crippen molar-refractivity contribution in [2.45, 2.75) is 50.0 Å². The molecule has 2 N–H and O–H groups in total. The van der Waals surface area contributed by atoms with E-state index in [1.54, 1.807) is 24.3 Å². The molecule has 3 aromatic rings. The molecular weight excluding hydrogens is 392 g/mol. The summed E-state index contributed by atoms with van der Waals surface area (Å²) in [5.41, 5.74) is 1.42. The molecule has 2 aliphatic heterocycles. The molecule has 2 aromatic heterocycles. The minimum atomic E-state index is -1.08. The highest BCUT2D eigenvalue weighted by molar-refractivity contribution is 5.68. The van der Waals surface area contributed by atoms with Gasteiger partial charge in [-0.25, -0.2) is 9.07 Å². The number of fused-ring (bicyclic) bond motifs is 2. The van der Waals surface area contributed by atoms with Gasteiger partial charge in [0.1, 0.15) is 11.9 Å². The van der Waals surface area contributed by atoms with E-state index in [0.717, 1.165) is 19.3 Å². The summed E-state index contributed by atoms with van der Waals surface area (Å²) in [6.07, 6.45) is 3.36. The number of ether oxygens (including phenoxy) is 1. The highest BCUT2D eigenvalue weighted by Gasteiger charge is 2.41. The summed E-state index contributed by atoms with van der Waals surface area (Å²) in [5.74, 6) is -0.385. The van der Waals surface area contributed by atoms with E-state index >= 15 is 0 Å². The average Bonchev–Trinajstić information content (AvgIpc) is 3.19.